The molecule has 0 aliphatic carbocycles. The summed E-state index contributed by atoms with van der Waals surface area (Å²) in [4.78, 5) is 24.6. The van der Waals surface area contributed by atoms with Gasteiger partial charge in [-0.2, -0.15) is 0 Å². The molecule has 0 rings (SSSR count). The minimum absolute atomic E-state index is 0.0236. The first-order valence-electron chi connectivity index (χ1n) is 35.8. The van der Waals surface area contributed by atoms with Gasteiger partial charge in [0.2, 0.25) is 5.91 Å². The van der Waals surface area contributed by atoms with Crippen LogP contribution in [0.1, 0.15) is 418 Å². The van der Waals surface area contributed by atoms with Crippen molar-refractivity contribution in [3.8, 4) is 0 Å². The van der Waals surface area contributed by atoms with Crippen LogP contribution in [0.4, 0.5) is 0 Å². The van der Waals surface area contributed by atoms with Crippen LogP contribution < -0.4 is 5.32 Å². The minimum Gasteiger partial charge on any atom is -0.466 e. The smallest absolute Gasteiger partial charge is 0.305 e. The number of nitrogens with one attached hydrogen (secondary N) is 1. The van der Waals surface area contributed by atoms with E-state index in [1.807, 2.05) is 0 Å². The van der Waals surface area contributed by atoms with Crippen molar-refractivity contribution in [3.63, 3.8) is 0 Å². The van der Waals surface area contributed by atoms with Gasteiger partial charge in [0.05, 0.1) is 25.4 Å². The number of carbonyl (C=O) groups excluding carboxylic acids is 2. The molecule has 0 aliphatic rings. The van der Waals surface area contributed by atoms with Gasteiger partial charge in [-0.25, -0.2) is 0 Å². The second-order valence-corrected chi connectivity index (χ2v) is 24.9. The highest BCUT2D eigenvalue weighted by Crippen LogP contribution is 2.20. The normalized spacial score (nSPS) is 12.4. The first-order chi connectivity index (χ1) is 38.0. The van der Waals surface area contributed by atoms with Crippen LogP contribution in [0.3, 0.4) is 0 Å². The van der Waals surface area contributed by atoms with E-state index in [0.29, 0.717) is 25.9 Å². The lowest BCUT2D eigenvalue weighted by Crippen LogP contribution is -2.45. The van der Waals surface area contributed by atoms with Gasteiger partial charge in [-0.3, -0.25) is 9.59 Å². The summed E-state index contributed by atoms with van der Waals surface area (Å²) in [6.07, 6.45) is 81.6. The Morgan fingerprint density at radius 1 is 0.312 bits per heavy atom. The molecule has 0 aromatic rings. The van der Waals surface area contributed by atoms with E-state index in [0.717, 1.165) is 38.5 Å². The molecule has 0 radical (unpaired) electrons. The maximum Gasteiger partial charge on any atom is 0.305 e. The third kappa shape index (κ3) is 63.9. The highest BCUT2D eigenvalue weighted by molar-refractivity contribution is 5.76. The molecule has 0 aromatic carbocycles. The van der Waals surface area contributed by atoms with E-state index in [2.05, 4.69) is 19.2 Å². The number of ether oxygens (including phenoxy) is 1. The summed E-state index contributed by atoms with van der Waals surface area (Å²) in [5.41, 5.74) is 0. The molecule has 0 aromatic heterocycles. The maximum absolute atomic E-state index is 12.5. The first kappa shape index (κ1) is 75.9. The zero-order valence-corrected chi connectivity index (χ0v) is 52.7. The van der Waals surface area contributed by atoms with Crippen LogP contribution in [-0.2, 0) is 14.3 Å². The SMILES string of the molecule is CCCCCCCCCCCCCCCCCCC(O)C(CO)NC(=O)CCCCCCCCCCCCCCCCCCCCCCCCCCCCCCCCOC(=O)CCCCCCCCCCCCCCCC. The monoisotopic (exact) mass is 1090 g/mol. The average Bonchev–Trinajstić information content (AvgIpc) is 3.43. The van der Waals surface area contributed by atoms with Crippen molar-refractivity contribution < 1.29 is 24.5 Å². The van der Waals surface area contributed by atoms with Gasteiger partial charge in [0.15, 0.2) is 0 Å². The molecule has 6 nitrogen and oxygen atoms in total. The minimum atomic E-state index is -0.660. The fourth-order valence-corrected chi connectivity index (χ4v) is 11.7. The average molecular weight is 1090 g/mol. The van der Waals surface area contributed by atoms with Crippen molar-refractivity contribution in [3.05, 3.63) is 0 Å². The van der Waals surface area contributed by atoms with E-state index in [1.165, 1.54) is 347 Å². The van der Waals surface area contributed by atoms with Crippen LogP contribution in [0.2, 0.25) is 0 Å². The predicted octanol–water partition coefficient (Wildman–Crippen LogP) is 23.0. The number of hydrogen-bond donors (Lipinski definition) is 3. The summed E-state index contributed by atoms with van der Waals surface area (Å²) >= 11 is 0. The number of unbranched alkanes of at least 4 members (excludes halogenated alkanes) is 57. The summed E-state index contributed by atoms with van der Waals surface area (Å²) < 4.78 is 5.50. The second kappa shape index (κ2) is 67.4. The zero-order valence-electron chi connectivity index (χ0n) is 52.7. The van der Waals surface area contributed by atoms with Gasteiger partial charge in [0, 0.05) is 12.8 Å². The van der Waals surface area contributed by atoms with Crippen molar-refractivity contribution in [2.45, 2.75) is 431 Å². The van der Waals surface area contributed by atoms with E-state index in [-0.39, 0.29) is 18.5 Å². The largest absolute Gasteiger partial charge is 0.466 e. The molecule has 0 heterocycles. The quantitative estimate of drug-likeness (QED) is 0.0417. The Morgan fingerprint density at radius 2 is 0.532 bits per heavy atom. The van der Waals surface area contributed by atoms with Crippen molar-refractivity contribution in [2.75, 3.05) is 13.2 Å². The molecule has 0 saturated carbocycles. The zero-order chi connectivity index (χ0) is 55.7. The van der Waals surface area contributed by atoms with Gasteiger partial charge in [-0.15, -0.1) is 0 Å². The van der Waals surface area contributed by atoms with E-state index in [1.54, 1.807) is 0 Å². The fourth-order valence-electron chi connectivity index (χ4n) is 11.7. The van der Waals surface area contributed by atoms with Gasteiger partial charge in [-0.05, 0) is 25.7 Å². The molecule has 0 spiro atoms. The standard InChI is InChI=1S/C71H141NO5/c1-3-5-7-9-11-13-15-17-19-36-39-43-47-51-55-59-63-69(74)68(67-73)72-70(75)64-60-56-52-48-44-40-37-34-32-30-28-26-24-22-20-21-23-25-27-29-31-33-35-38-42-46-50-54-58-62-66-77-71(76)65-61-57-53-49-45-41-18-16-14-12-10-8-6-4-2/h68-69,73-74H,3-67H2,1-2H3,(H,72,75). The molecule has 0 aliphatic heterocycles. The molecule has 0 saturated heterocycles. The molecule has 3 N–H and O–H groups in total. The van der Waals surface area contributed by atoms with Crippen molar-refractivity contribution in [1.29, 1.82) is 0 Å². The Labute approximate surface area is 483 Å². The molecular formula is C71H141NO5. The van der Waals surface area contributed by atoms with Crippen LogP contribution >= 0.6 is 0 Å². The lowest BCUT2D eigenvalue weighted by Gasteiger charge is -2.22. The molecule has 77 heavy (non-hydrogen) atoms. The first-order valence-corrected chi connectivity index (χ1v) is 35.8. The van der Waals surface area contributed by atoms with Crippen molar-refractivity contribution in [2.24, 2.45) is 0 Å². The van der Waals surface area contributed by atoms with E-state index in [4.69, 9.17) is 4.74 Å². The molecule has 1 amide bonds. The Kier molecular flexibility index (Phi) is 66.4. The second-order valence-electron chi connectivity index (χ2n) is 24.9. The Balaban J connectivity index is 3.31. The van der Waals surface area contributed by atoms with Gasteiger partial charge in [-0.1, -0.05) is 380 Å². The summed E-state index contributed by atoms with van der Waals surface area (Å²) in [5, 5.41) is 23.4. The van der Waals surface area contributed by atoms with E-state index >= 15 is 0 Å². The number of amides is 1. The van der Waals surface area contributed by atoms with Crippen LogP contribution in [0, 0.1) is 0 Å². The van der Waals surface area contributed by atoms with Crippen LogP contribution in [0.15, 0.2) is 0 Å². The highest BCUT2D eigenvalue weighted by Gasteiger charge is 2.20. The predicted molar refractivity (Wildman–Crippen MR) is 338 cm³/mol. The summed E-state index contributed by atoms with van der Waals surface area (Å²) in [6, 6.07) is -0.537. The Morgan fingerprint density at radius 3 is 0.792 bits per heavy atom. The molecule has 0 fully saturated rings. The molecule has 6 heteroatoms. The van der Waals surface area contributed by atoms with Crippen LogP contribution in [-0.4, -0.2) is 47.4 Å². The summed E-state index contributed by atoms with van der Waals surface area (Å²) in [6.45, 7) is 5.00. The third-order valence-electron chi connectivity index (χ3n) is 17.2. The third-order valence-corrected chi connectivity index (χ3v) is 17.2. The maximum atomic E-state index is 12.5. The number of esters is 1. The summed E-state index contributed by atoms with van der Waals surface area (Å²) in [5.74, 6) is -0.00327. The molecule has 0 bridgehead atoms. The number of rotatable bonds is 68. The molecule has 2 unspecified atom stereocenters. The number of aliphatic hydroxyl groups excluding tert-OH is 2. The lowest BCUT2D eigenvalue weighted by atomic mass is 10.0. The molecular weight excluding hydrogens is 947 g/mol. The number of hydrogen-bond acceptors (Lipinski definition) is 5. The van der Waals surface area contributed by atoms with Crippen molar-refractivity contribution >= 4 is 11.9 Å². The van der Waals surface area contributed by atoms with Crippen LogP contribution in [0.25, 0.3) is 0 Å². The molecule has 2 atom stereocenters. The van der Waals surface area contributed by atoms with Crippen LogP contribution in [0.5, 0.6) is 0 Å². The van der Waals surface area contributed by atoms with Gasteiger partial charge in [0.25, 0.3) is 0 Å². The Bertz CT molecular complexity index is 1120. The topological polar surface area (TPSA) is 95.9 Å². The summed E-state index contributed by atoms with van der Waals surface area (Å²) in [7, 11) is 0. The van der Waals surface area contributed by atoms with Crippen molar-refractivity contribution in [1.82, 2.24) is 5.32 Å². The van der Waals surface area contributed by atoms with E-state index in [9.17, 15) is 19.8 Å². The number of carbonyl (C=O) groups is 2. The van der Waals surface area contributed by atoms with Gasteiger partial charge < -0.3 is 20.3 Å². The van der Waals surface area contributed by atoms with Gasteiger partial charge in [0.1, 0.15) is 0 Å². The Hall–Kier alpha value is -1.14. The van der Waals surface area contributed by atoms with E-state index < -0.39 is 12.1 Å². The molecule has 460 valence electrons. The van der Waals surface area contributed by atoms with Gasteiger partial charge >= 0.3 is 5.97 Å². The lowest BCUT2D eigenvalue weighted by molar-refractivity contribution is -0.143. The number of aliphatic hydroxyl groups is 2. The highest BCUT2D eigenvalue weighted by atomic mass is 16.5. The fraction of sp³-hybridized carbons (Fsp3) is 0.972.